The monoisotopic (exact) mass is 463 g/mol. The van der Waals surface area contributed by atoms with Gasteiger partial charge in [0, 0.05) is 5.56 Å². The summed E-state index contributed by atoms with van der Waals surface area (Å²) in [5.41, 5.74) is 1.53. The molecule has 6 nitrogen and oxygen atoms in total. The fraction of sp³-hybridized carbons (Fsp3) is 0.571. The molecule has 0 aromatic heterocycles. The lowest BCUT2D eigenvalue weighted by molar-refractivity contribution is -0.150. The first-order chi connectivity index (χ1) is 16.3. The molecule has 1 heterocycles. The molecule has 6 heteroatoms. The van der Waals surface area contributed by atoms with E-state index in [4.69, 9.17) is 4.74 Å². The van der Waals surface area contributed by atoms with Crippen LogP contribution in [0.5, 0.6) is 0 Å². The van der Waals surface area contributed by atoms with E-state index >= 15 is 0 Å². The lowest BCUT2D eigenvalue weighted by Gasteiger charge is -2.37. The van der Waals surface area contributed by atoms with E-state index in [1.807, 2.05) is 26.0 Å². The van der Waals surface area contributed by atoms with Crippen molar-refractivity contribution in [1.29, 1.82) is 0 Å². The van der Waals surface area contributed by atoms with E-state index in [0.717, 1.165) is 24.8 Å². The van der Waals surface area contributed by atoms with E-state index in [-0.39, 0.29) is 47.7 Å². The second-order valence-corrected chi connectivity index (χ2v) is 10.6. The number of allylic oxidation sites excluding steroid dienone is 2. The van der Waals surface area contributed by atoms with Crippen molar-refractivity contribution in [3.05, 3.63) is 47.5 Å². The van der Waals surface area contributed by atoms with E-state index in [1.165, 1.54) is 4.90 Å². The number of likely N-dealkylation sites (tertiary alicyclic amines) is 1. The predicted octanol–water partition coefficient (Wildman–Crippen LogP) is 4.11. The maximum absolute atomic E-state index is 13.5. The number of nitrogens with zero attached hydrogens (tertiary/aromatic N) is 1. The van der Waals surface area contributed by atoms with Gasteiger partial charge in [-0.05, 0) is 50.4 Å². The lowest BCUT2D eigenvalue weighted by Crippen LogP contribution is -2.43. The first-order valence-corrected chi connectivity index (χ1v) is 12.7. The minimum Gasteiger partial charge on any atom is -0.454 e. The van der Waals surface area contributed by atoms with E-state index < -0.39 is 18.1 Å². The molecule has 2 bridgehead atoms. The van der Waals surface area contributed by atoms with Crippen LogP contribution in [0, 0.1) is 42.4 Å². The topological polar surface area (TPSA) is 80.8 Å². The van der Waals surface area contributed by atoms with Gasteiger partial charge in [0.05, 0.1) is 24.3 Å². The van der Waals surface area contributed by atoms with E-state index in [0.29, 0.717) is 23.8 Å². The van der Waals surface area contributed by atoms with Crippen molar-refractivity contribution in [2.45, 2.75) is 65.0 Å². The molecule has 34 heavy (non-hydrogen) atoms. The minimum absolute atomic E-state index is 0.0714. The van der Waals surface area contributed by atoms with E-state index in [9.17, 15) is 19.2 Å². The Morgan fingerprint density at radius 3 is 2.18 bits per heavy atom. The first kappa shape index (κ1) is 23.0. The van der Waals surface area contributed by atoms with Gasteiger partial charge in [-0.15, -0.1) is 0 Å². The molecule has 0 N–H and O–H groups in total. The molecule has 5 aliphatic rings. The first-order valence-electron chi connectivity index (χ1n) is 12.7. The normalized spacial score (nSPS) is 32.3. The van der Waals surface area contributed by atoms with Gasteiger partial charge in [0.15, 0.2) is 6.10 Å². The van der Waals surface area contributed by atoms with E-state index in [1.54, 1.807) is 19.1 Å². The third-order valence-electron chi connectivity index (χ3n) is 8.37. The van der Waals surface area contributed by atoms with Crippen LogP contribution in [-0.2, 0) is 19.1 Å². The second kappa shape index (κ2) is 8.79. The second-order valence-electron chi connectivity index (χ2n) is 10.6. The summed E-state index contributed by atoms with van der Waals surface area (Å²) >= 11 is 0. The largest absolute Gasteiger partial charge is 0.454 e. The van der Waals surface area contributed by atoms with Gasteiger partial charge < -0.3 is 4.74 Å². The van der Waals surface area contributed by atoms with Crippen LogP contribution in [0.25, 0.3) is 0 Å². The van der Waals surface area contributed by atoms with Gasteiger partial charge in [0.2, 0.25) is 17.6 Å². The number of ketones is 1. The number of carbonyl (C=O) groups excluding carboxylic acids is 4. The number of hydrogen-bond donors (Lipinski definition) is 0. The number of carbonyl (C=O) groups is 4. The highest BCUT2D eigenvalue weighted by molar-refractivity contribution is 6.07. The number of rotatable bonds is 9. The Morgan fingerprint density at radius 1 is 1.03 bits per heavy atom. The van der Waals surface area contributed by atoms with Crippen LogP contribution in [0.15, 0.2) is 36.4 Å². The van der Waals surface area contributed by atoms with Crippen molar-refractivity contribution in [2.24, 2.45) is 35.5 Å². The summed E-state index contributed by atoms with van der Waals surface area (Å²) in [6.45, 7) is 5.55. The maximum atomic E-state index is 13.5. The minimum atomic E-state index is -0.929. The van der Waals surface area contributed by atoms with Gasteiger partial charge >= 0.3 is 5.97 Å². The molecular weight excluding hydrogens is 430 g/mol. The average Bonchev–Trinajstić information content (AvgIpc) is 3.60. The molecule has 6 rings (SSSR count). The number of benzene rings is 1. The highest BCUT2D eigenvalue weighted by Gasteiger charge is 2.67. The highest BCUT2D eigenvalue weighted by Crippen LogP contribution is 2.65. The van der Waals surface area contributed by atoms with Gasteiger partial charge in [-0.25, -0.2) is 0 Å². The zero-order chi connectivity index (χ0) is 24.1. The quantitative estimate of drug-likeness (QED) is 0.238. The predicted molar refractivity (Wildman–Crippen MR) is 126 cm³/mol. The van der Waals surface area contributed by atoms with Gasteiger partial charge in [-0.1, -0.05) is 61.7 Å². The maximum Gasteiger partial charge on any atom is 0.308 e. The molecule has 3 fully saturated rings. The van der Waals surface area contributed by atoms with Gasteiger partial charge in [0.1, 0.15) is 0 Å². The molecule has 1 aromatic rings. The molecule has 1 aromatic carbocycles. The van der Waals surface area contributed by atoms with Crippen LogP contribution in [0.4, 0.5) is 0 Å². The Bertz CT molecular complexity index is 1010. The Labute approximate surface area is 200 Å². The van der Waals surface area contributed by atoms with Crippen LogP contribution in [0.2, 0.25) is 0 Å². The fourth-order valence-corrected chi connectivity index (χ4v) is 6.55. The number of Topliss-reactive ketones (excluding diaryl/α,β-unsaturated/α-hetero) is 1. The molecule has 1 aliphatic heterocycles. The Kier molecular flexibility index (Phi) is 5.95. The number of amides is 2. The fourth-order valence-electron chi connectivity index (χ4n) is 6.55. The third-order valence-corrected chi connectivity index (χ3v) is 8.37. The molecule has 2 amide bonds. The van der Waals surface area contributed by atoms with Crippen LogP contribution < -0.4 is 0 Å². The highest BCUT2D eigenvalue weighted by atomic mass is 16.5. The molecule has 0 spiro atoms. The molecular formula is C28H33NO5. The summed E-state index contributed by atoms with van der Waals surface area (Å²) in [5.74, 6) is -0.175. The van der Waals surface area contributed by atoms with Crippen LogP contribution in [0.3, 0.4) is 0 Å². The van der Waals surface area contributed by atoms with Gasteiger partial charge in [-0.3, -0.25) is 24.1 Å². The Morgan fingerprint density at radius 2 is 1.62 bits per heavy atom. The Hall–Kier alpha value is -2.76. The number of esters is 1. The van der Waals surface area contributed by atoms with Crippen molar-refractivity contribution < 1.29 is 23.9 Å². The van der Waals surface area contributed by atoms with Crippen molar-refractivity contribution >= 4 is 23.6 Å². The molecule has 2 saturated carbocycles. The number of ether oxygens (including phenoxy) is 1. The van der Waals surface area contributed by atoms with Crippen molar-refractivity contribution in [1.82, 2.24) is 4.90 Å². The molecule has 0 unspecified atom stereocenters. The summed E-state index contributed by atoms with van der Waals surface area (Å²) in [6.07, 6.45) is 6.70. The summed E-state index contributed by atoms with van der Waals surface area (Å²) in [4.78, 5) is 54.0. The molecule has 0 radical (unpaired) electrons. The lowest BCUT2D eigenvalue weighted by atomic mass is 9.63. The van der Waals surface area contributed by atoms with Crippen LogP contribution >= 0.6 is 0 Å². The molecule has 1 saturated heterocycles. The molecule has 8 atom stereocenters. The van der Waals surface area contributed by atoms with Crippen molar-refractivity contribution in [3.8, 4) is 0 Å². The summed E-state index contributed by atoms with van der Waals surface area (Å²) < 4.78 is 5.48. The Balaban J connectivity index is 1.28. The zero-order valence-corrected chi connectivity index (χ0v) is 20.1. The average molecular weight is 464 g/mol. The standard InChI is InChI=1S/C28H33NO5/c1-4-5-6-18(13-23(30)34-16(3)26(31)17-9-7-15(2)8-10-17)29-27(32)24-19-11-12-20(22-14-21(19)22)25(24)28(29)33/h7-12,16,18-22,24-25H,4-6,13-14H2,1-3H3/t16-,18-,19+,20+,21+,22+,24-,25+/m1/s1. The summed E-state index contributed by atoms with van der Waals surface area (Å²) in [5, 5.41) is 0. The smallest absolute Gasteiger partial charge is 0.308 e. The summed E-state index contributed by atoms with van der Waals surface area (Å²) in [6, 6.07) is 6.62. The number of hydrogen-bond acceptors (Lipinski definition) is 5. The van der Waals surface area contributed by atoms with Crippen LogP contribution in [0.1, 0.15) is 61.9 Å². The van der Waals surface area contributed by atoms with Gasteiger partial charge in [-0.2, -0.15) is 0 Å². The zero-order valence-electron chi connectivity index (χ0n) is 20.1. The SMILES string of the molecule is CCCC[C@H](CC(=O)O[C@H](C)C(=O)c1ccc(C)cc1)N1C(=O)[C@@H]2[C@H]3C=C[C@@H]([C@@H]4C[C@@H]34)[C@@H]2C1=O. The molecule has 4 aliphatic carbocycles. The number of unbranched alkanes of at least 4 members (excludes halogenated alkanes) is 1. The van der Waals surface area contributed by atoms with Crippen molar-refractivity contribution in [3.63, 3.8) is 0 Å². The van der Waals surface area contributed by atoms with Gasteiger partial charge in [0.25, 0.3) is 0 Å². The summed E-state index contributed by atoms with van der Waals surface area (Å²) in [7, 11) is 0. The third kappa shape index (κ3) is 3.81. The number of imide groups is 1. The van der Waals surface area contributed by atoms with Crippen molar-refractivity contribution in [2.75, 3.05) is 0 Å². The van der Waals surface area contributed by atoms with E-state index in [2.05, 4.69) is 12.2 Å². The number of aryl methyl sites for hydroxylation is 1. The van der Waals surface area contributed by atoms with Crippen LogP contribution in [-0.4, -0.2) is 40.6 Å². The molecule has 180 valence electrons.